The number of carbonyl (C=O) groups is 2. The van der Waals surface area contributed by atoms with Crippen molar-refractivity contribution in [1.29, 1.82) is 0 Å². The Kier molecular flexibility index (Phi) is 4.46. The summed E-state index contributed by atoms with van der Waals surface area (Å²) in [4.78, 5) is 23.1. The second-order valence-corrected chi connectivity index (χ2v) is 3.78. The fourth-order valence-corrected chi connectivity index (χ4v) is 1.34. The Morgan fingerprint density at radius 2 is 2.00 bits per heavy atom. The number of amides is 1. The van der Waals surface area contributed by atoms with Crippen molar-refractivity contribution in [1.82, 2.24) is 4.90 Å². The number of likely N-dealkylation sites (N-methyl/N-ethyl adjacent to an activating group) is 1. The molecule has 0 aliphatic heterocycles. The van der Waals surface area contributed by atoms with Gasteiger partial charge in [0.2, 0.25) is 5.91 Å². The van der Waals surface area contributed by atoms with Gasteiger partial charge in [-0.25, -0.2) is 0 Å². The van der Waals surface area contributed by atoms with Crippen LogP contribution >= 0.6 is 0 Å². The minimum absolute atomic E-state index is 0.295. The highest BCUT2D eigenvalue weighted by Gasteiger charge is 2.08. The lowest BCUT2D eigenvalue weighted by Crippen LogP contribution is -2.30. The van der Waals surface area contributed by atoms with Gasteiger partial charge in [0.05, 0.1) is 0 Å². The van der Waals surface area contributed by atoms with E-state index in [1.54, 1.807) is 6.08 Å². The number of benzene rings is 1. The quantitative estimate of drug-likeness (QED) is 0.803. The van der Waals surface area contributed by atoms with Crippen molar-refractivity contribution >= 4 is 18.0 Å². The summed E-state index contributed by atoms with van der Waals surface area (Å²) in [6.07, 6.45) is 3.07. The molecule has 0 heterocycles. The molecule has 1 amide bonds. The molecule has 0 saturated carbocycles. The van der Waals surface area contributed by atoms with Crippen molar-refractivity contribution in [3.8, 4) is 0 Å². The van der Waals surface area contributed by atoms with E-state index >= 15 is 0 Å². The molecule has 4 heteroatoms. The van der Waals surface area contributed by atoms with Gasteiger partial charge in [-0.1, -0.05) is 24.3 Å². The average molecular weight is 233 g/mol. The number of hydrogen-bond acceptors (Lipinski definition) is 2. The second-order valence-electron chi connectivity index (χ2n) is 3.78. The minimum Gasteiger partial charge on any atom is -0.480 e. The summed E-state index contributed by atoms with van der Waals surface area (Å²) < 4.78 is 0. The molecule has 0 aliphatic carbocycles. The van der Waals surface area contributed by atoms with Gasteiger partial charge in [0, 0.05) is 13.1 Å². The van der Waals surface area contributed by atoms with Crippen molar-refractivity contribution < 1.29 is 14.7 Å². The molecule has 0 spiro atoms. The molecule has 0 saturated heterocycles. The zero-order valence-corrected chi connectivity index (χ0v) is 9.88. The summed E-state index contributed by atoms with van der Waals surface area (Å²) in [5.74, 6) is -1.35. The molecule has 0 aliphatic rings. The summed E-state index contributed by atoms with van der Waals surface area (Å²) in [6, 6.07) is 7.66. The van der Waals surface area contributed by atoms with Gasteiger partial charge in [0.1, 0.15) is 6.54 Å². The molecule has 0 fully saturated rings. The average Bonchev–Trinajstić information content (AvgIpc) is 2.26. The summed E-state index contributed by atoms with van der Waals surface area (Å²) >= 11 is 0. The highest BCUT2D eigenvalue weighted by molar-refractivity contribution is 5.93. The van der Waals surface area contributed by atoms with Gasteiger partial charge in [-0.2, -0.15) is 0 Å². The van der Waals surface area contributed by atoms with Crippen molar-refractivity contribution in [2.75, 3.05) is 13.6 Å². The third kappa shape index (κ3) is 4.10. The zero-order chi connectivity index (χ0) is 12.8. The first-order chi connectivity index (χ1) is 8.00. The van der Waals surface area contributed by atoms with Gasteiger partial charge >= 0.3 is 5.97 Å². The van der Waals surface area contributed by atoms with E-state index in [0.29, 0.717) is 0 Å². The van der Waals surface area contributed by atoms with Crippen molar-refractivity contribution in [3.63, 3.8) is 0 Å². The number of nitrogens with zero attached hydrogens (tertiary/aromatic N) is 1. The number of carbonyl (C=O) groups excluding carboxylic acids is 1. The van der Waals surface area contributed by atoms with E-state index in [0.717, 1.165) is 16.0 Å². The topological polar surface area (TPSA) is 57.6 Å². The predicted octanol–water partition coefficient (Wildman–Crippen LogP) is 1.55. The van der Waals surface area contributed by atoms with Gasteiger partial charge in [-0.05, 0) is 24.1 Å². The Hall–Kier alpha value is -2.10. The van der Waals surface area contributed by atoms with E-state index in [-0.39, 0.29) is 12.5 Å². The van der Waals surface area contributed by atoms with Gasteiger partial charge in [-0.15, -0.1) is 0 Å². The summed E-state index contributed by atoms with van der Waals surface area (Å²) in [6.45, 7) is 1.65. The zero-order valence-electron chi connectivity index (χ0n) is 9.88. The van der Waals surface area contributed by atoms with Crippen LogP contribution in [0.25, 0.3) is 6.08 Å². The summed E-state index contributed by atoms with van der Waals surface area (Å²) in [5.41, 5.74) is 2.02. The molecule has 0 aromatic heterocycles. The smallest absolute Gasteiger partial charge is 0.323 e. The van der Waals surface area contributed by atoms with E-state index < -0.39 is 5.97 Å². The number of rotatable bonds is 4. The fourth-order valence-electron chi connectivity index (χ4n) is 1.34. The summed E-state index contributed by atoms with van der Waals surface area (Å²) in [7, 11) is 1.46. The maximum atomic E-state index is 11.5. The van der Waals surface area contributed by atoms with Crippen LogP contribution in [-0.2, 0) is 9.59 Å². The second kappa shape index (κ2) is 5.84. The Labute approximate surface area is 100 Å². The number of aliphatic carboxylic acids is 1. The standard InChI is InChI=1S/C13H15NO3/c1-10-5-3-4-6-11(10)7-8-12(15)14(2)9-13(16)17/h3-8H,9H2,1-2H3,(H,16,17)/b8-7+. The van der Waals surface area contributed by atoms with Crippen molar-refractivity contribution in [2.24, 2.45) is 0 Å². The Bertz CT molecular complexity index is 452. The summed E-state index contributed by atoms with van der Waals surface area (Å²) in [5, 5.41) is 8.54. The van der Waals surface area contributed by atoms with E-state index in [1.807, 2.05) is 31.2 Å². The van der Waals surface area contributed by atoms with Crippen LogP contribution < -0.4 is 0 Å². The highest BCUT2D eigenvalue weighted by Crippen LogP contribution is 2.08. The van der Waals surface area contributed by atoms with Crippen LogP contribution in [0.1, 0.15) is 11.1 Å². The van der Waals surface area contributed by atoms with Crippen LogP contribution in [0.15, 0.2) is 30.3 Å². The minimum atomic E-state index is -1.02. The first-order valence-corrected chi connectivity index (χ1v) is 5.21. The van der Waals surface area contributed by atoms with Gasteiger partial charge in [-0.3, -0.25) is 9.59 Å². The largest absolute Gasteiger partial charge is 0.480 e. The van der Waals surface area contributed by atoms with E-state index in [2.05, 4.69) is 0 Å². The molecule has 1 aromatic rings. The molecule has 17 heavy (non-hydrogen) atoms. The first kappa shape index (κ1) is 13.0. The lowest BCUT2D eigenvalue weighted by atomic mass is 10.1. The molecule has 1 aromatic carbocycles. The van der Waals surface area contributed by atoms with Crippen LogP contribution in [0.3, 0.4) is 0 Å². The van der Waals surface area contributed by atoms with E-state index in [9.17, 15) is 9.59 Å². The normalized spacial score (nSPS) is 10.5. The third-order valence-electron chi connectivity index (χ3n) is 2.34. The highest BCUT2D eigenvalue weighted by atomic mass is 16.4. The predicted molar refractivity (Wildman–Crippen MR) is 65.5 cm³/mol. The van der Waals surface area contributed by atoms with Gasteiger partial charge in [0.15, 0.2) is 0 Å². The molecule has 0 unspecified atom stereocenters. The van der Waals surface area contributed by atoms with E-state index in [1.165, 1.54) is 13.1 Å². The van der Waals surface area contributed by atoms with Crippen molar-refractivity contribution in [3.05, 3.63) is 41.5 Å². The lowest BCUT2D eigenvalue weighted by molar-refractivity contribution is -0.141. The molecule has 1 N–H and O–H groups in total. The van der Waals surface area contributed by atoms with E-state index in [4.69, 9.17) is 5.11 Å². The van der Waals surface area contributed by atoms with Crippen LogP contribution in [-0.4, -0.2) is 35.5 Å². The molecule has 0 atom stereocenters. The maximum absolute atomic E-state index is 11.5. The van der Waals surface area contributed by atoms with Crippen LogP contribution in [0.5, 0.6) is 0 Å². The van der Waals surface area contributed by atoms with Crippen LogP contribution in [0.4, 0.5) is 0 Å². The number of aryl methyl sites for hydroxylation is 1. The lowest BCUT2D eigenvalue weighted by Gasteiger charge is -2.11. The monoisotopic (exact) mass is 233 g/mol. The molecule has 1 rings (SSSR count). The Morgan fingerprint density at radius 1 is 1.35 bits per heavy atom. The first-order valence-electron chi connectivity index (χ1n) is 5.21. The number of hydrogen-bond donors (Lipinski definition) is 1. The number of carboxylic acid groups (broad SMARTS) is 1. The Balaban J connectivity index is 2.69. The third-order valence-corrected chi connectivity index (χ3v) is 2.34. The molecule has 4 nitrogen and oxygen atoms in total. The van der Waals surface area contributed by atoms with Crippen LogP contribution in [0, 0.1) is 6.92 Å². The molecule has 0 bridgehead atoms. The molecule has 90 valence electrons. The van der Waals surface area contributed by atoms with Crippen molar-refractivity contribution in [2.45, 2.75) is 6.92 Å². The SMILES string of the molecule is Cc1ccccc1/C=C/C(=O)N(C)CC(=O)O. The Morgan fingerprint density at radius 3 is 2.59 bits per heavy atom. The van der Waals surface area contributed by atoms with Gasteiger partial charge < -0.3 is 10.0 Å². The maximum Gasteiger partial charge on any atom is 0.323 e. The number of carboxylic acids is 1. The van der Waals surface area contributed by atoms with Gasteiger partial charge in [0.25, 0.3) is 0 Å². The molecule has 0 radical (unpaired) electrons. The molecular weight excluding hydrogens is 218 g/mol. The fraction of sp³-hybridized carbons (Fsp3) is 0.231. The van der Waals surface area contributed by atoms with Crippen LogP contribution in [0.2, 0.25) is 0 Å². The molecular formula is C13H15NO3.